The van der Waals surface area contributed by atoms with Crippen LogP contribution in [0.1, 0.15) is 31.8 Å². The Kier molecular flexibility index (Phi) is 3.28. The van der Waals surface area contributed by atoms with E-state index in [4.69, 9.17) is 5.73 Å². The van der Waals surface area contributed by atoms with E-state index in [0.717, 1.165) is 0 Å². The van der Waals surface area contributed by atoms with Crippen molar-refractivity contribution in [3.8, 4) is 5.75 Å². The van der Waals surface area contributed by atoms with Gasteiger partial charge in [-0.1, -0.05) is 36.4 Å². The lowest BCUT2D eigenvalue weighted by atomic mass is 9.82. The number of anilines is 3. The normalized spacial score (nSPS) is 12.5. The molecule has 0 unspecified atom stereocenters. The Hall–Kier alpha value is -3.60. The lowest BCUT2D eigenvalue weighted by Crippen LogP contribution is -2.23. The number of hydrogen-bond acceptors (Lipinski definition) is 5. The van der Waals surface area contributed by atoms with Crippen LogP contribution >= 0.6 is 0 Å². The van der Waals surface area contributed by atoms with Gasteiger partial charge in [0, 0.05) is 16.8 Å². The average molecular weight is 330 g/mol. The lowest BCUT2D eigenvalue weighted by Gasteiger charge is -2.22. The number of benzene rings is 3. The van der Waals surface area contributed by atoms with Crippen LogP contribution in [0, 0.1) is 0 Å². The van der Waals surface area contributed by atoms with Crippen molar-refractivity contribution in [3.05, 3.63) is 82.9 Å². The fraction of sp³-hybridized carbons (Fsp3) is 0. The molecule has 0 radical (unpaired) electrons. The number of phenols is 1. The molecule has 1 aliphatic carbocycles. The minimum Gasteiger partial charge on any atom is -0.506 e. The van der Waals surface area contributed by atoms with Gasteiger partial charge >= 0.3 is 0 Å². The summed E-state index contributed by atoms with van der Waals surface area (Å²) in [6.45, 7) is 0. The summed E-state index contributed by atoms with van der Waals surface area (Å²) in [6, 6.07) is 16.6. The van der Waals surface area contributed by atoms with Crippen LogP contribution in [0.5, 0.6) is 5.75 Å². The van der Waals surface area contributed by atoms with Gasteiger partial charge in [0.2, 0.25) is 0 Å². The standard InChI is InChI=1S/C20H14N2O3/c21-13-9-10-15(22-14-7-3-4-8-16(14)23)18-17(13)19(24)11-5-1-2-6-12(11)20(18)25/h1-10,22-23H,21H2. The molecular weight excluding hydrogens is 316 g/mol. The number of para-hydroxylation sites is 2. The third-order valence-electron chi connectivity index (χ3n) is 4.28. The van der Waals surface area contributed by atoms with Crippen molar-refractivity contribution < 1.29 is 14.7 Å². The predicted octanol–water partition coefficient (Wildman–Crippen LogP) is 3.49. The van der Waals surface area contributed by atoms with Gasteiger partial charge in [-0.15, -0.1) is 0 Å². The Balaban J connectivity index is 1.92. The number of nitrogens with one attached hydrogen (secondary N) is 1. The molecule has 1 aliphatic rings. The number of carbonyl (C=O) groups is 2. The monoisotopic (exact) mass is 330 g/mol. The van der Waals surface area contributed by atoms with E-state index < -0.39 is 0 Å². The molecule has 0 aromatic heterocycles. The number of fused-ring (bicyclic) bond motifs is 2. The summed E-state index contributed by atoms with van der Waals surface area (Å²) in [5.74, 6) is -0.498. The van der Waals surface area contributed by atoms with E-state index in [2.05, 4.69) is 5.32 Å². The predicted molar refractivity (Wildman–Crippen MR) is 95.6 cm³/mol. The summed E-state index contributed by atoms with van der Waals surface area (Å²) >= 11 is 0. The molecule has 0 aliphatic heterocycles. The minimum atomic E-state index is -0.274. The van der Waals surface area contributed by atoms with Crippen molar-refractivity contribution >= 4 is 28.6 Å². The number of nitrogens with two attached hydrogens (primary N) is 1. The fourth-order valence-corrected chi connectivity index (χ4v) is 3.08. The Labute approximate surface area is 143 Å². The van der Waals surface area contributed by atoms with Crippen LogP contribution in [-0.2, 0) is 0 Å². The molecule has 0 atom stereocenters. The van der Waals surface area contributed by atoms with Gasteiger partial charge in [0.25, 0.3) is 0 Å². The van der Waals surface area contributed by atoms with Crippen LogP contribution in [0.3, 0.4) is 0 Å². The van der Waals surface area contributed by atoms with Crippen LogP contribution in [0.2, 0.25) is 0 Å². The molecule has 0 saturated carbocycles. The summed E-state index contributed by atoms with van der Waals surface area (Å²) in [5, 5.41) is 13.0. The maximum Gasteiger partial charge on any atom is 0.196 e. The molecule has 122 valence electrons. The third-order valence-corrected chi connectivity index (χ3v) is 4.28. The van der Waals surface area contributed by atoms with E-state index in [1.54, 1.807) is 54.6 Å². The van der Waals surface area contributed by atoms with Crippen LogP contribution in [-0.4, -0.2) is 16.7 Å². The molecule has 5 nitrogen and oxygen atoms in total. The first kappa shape index (κ1) is 15.0. The Morgan fingerprint density at radius 1 is 0.720 bits per heavy atom. The second-order valence-electron chi connectivity index (χ2n) is 5.80. The average Bonchev–Trinajstić information content (AvgIpc) is 2.63. The Morgan fingerprint density at radius 2 is 1.32 bits per heavy atom. The van der Waals surface area contributed by atoms with Crippen LogP contribution in [0.25, 0.3) is 0 Å². The highest BCUT2D eigenvalue weighted by Gasteiger charge is 2.33. The van der Waals surface area contributed by atoms with E-state index in [9.17, 15) is 14.7 Å². The third kappa shape index (κ3) is 2.25. The highest BCUT2D eigenvalue weighted by atomic mass is 16.3. The number of rotatable bonds is 2. The maximum absolute atomic E-state index is 13.0. The number of nitrogen functional groups attached to an aromatic ring is 1. The maximum atomic E-state index is 13.0. The first-order valence-corrected chi connectivity index (χ1v) is 7.74. The summed E-state index contributed by atoms with van der Waals surface area (Å²) in [4.78, 5) is 25.8. The van der Waals surface area contributed by atoms with Crippen LogP contribution < -0.4 is 11.1 Å². The van der Waals surface area contributed by atoms with Gasteiger partial charge in [0.1, 0.15) is 5.75 Å². The Morgan fingerprint density at radius 3 is 2.00 bits per heavy atom. The number of ketones is 2. The first-order valence-electron chi connectivity index (χ1n) is 7.74. The van der Waals surface area contributed by atoms with E-state index in [1.165, 1.54) is 6.07 Å². The molecule has 3 aromatic rings. The van der Waals surface area contributed by atoms with E-state index in [0.29, 0.717) is 22.5 Å². The zero-order valence-electron chi connectivity index (χ0n) is 13.1. The van der Waals surface area contributed by atoms with Crippen molar-refractivity contribution in [2.75, 3.05) is 11.1 Å². The molecular formula is C20H14N2O3. The molecule has 4 N–H and O–H groups in total. The Bertz CT molecular complexity index is 1040. The SMILES string of the molecule is Nc1ccc(Nc2ccccc2O)c2c1C(=O)c1ccccc1C2=O. The van der Waals surface area contributed by atoms with Crippen molar-refractivity contribution in [1.29, 1.82) is 0 Å². The molecule has 5 heteroatoms. The van der Waals surface area contributed by atoms with Gasteiger partial charge in [-0.2, -0.15) is 0 Å². The highest BCUT2D eigenvalue weighted by Crippen LogP contribution is 2.37. The van der Waals surface area contributed by atoms with Crippen molar-refractivity contribution in [3.63, 3.8) is 0 Å². The number of carbonyl (C=O) groups excluding carboxylic acids is 2. The molecule has 0 heterocycles. The fourth-order valence-electron chi connectivity index (χ4n) is 3.08. The highest BCUT2D eigenvalue weighted by molar-refractivity contribution is 6.31. The number of aromatic hydroxyl groups is 1. The molecule has 25 heavy (non-hydrogen) atoms. The molecule has 3 aromatic carbocycles. The second kappa shape index (κ2) is 5.49. The lowest BCUT2D eigenvalue weighted by molar-refractivity contribution is 0.0980. The smallest absolute Gasteiger partial charge is 0.196 e. The van der Waals surface area contributed by atoms with Crippen molar-refractivity contribution in [2.24, 2.45) is 0 Å². The molecule has 0 spiro atoms. The molecule has 0 fully saturated rings. The summed E-state index contributed by atoms with van der Waals surface area (Å²) in [6.07, 6.45) is 0. The van der Waals surface area contributed by atoms with Crippen molar-refractivity contribution in [1.82, 2.24) is 0 Å². The van der Waals surface area contributed by atoms with E-state index >= 15 is 0 Å². The summed E-state index contributed by atoms with van der Waals surface area (Å²) in [7, 11) is 0. The van der Waals surface area contributed by atoms with E-state index in [1.807, 2.05) is 0 Å². The van der Waals surface area contributed by atoms with Crippen LogP contribution in [0.4, 0.5) is 17.1 Å². The molecule has 0 amide bonds. The van der Waals surface area contributed by atoms with Gasteiger partial charge in [-0.25, -0.2) is 0 Å². The van der Waals surface area contributed by atoms with Gasteiger partial charge in [-0.3, -0.25) is 9.59 Å². The van der Waals surface area contributed by atoms with Crippen LogP contribution in [0.15, 0.2) is 60.7 Å². The van der Waals surface area contributed by atoms with Crippen molar-refractivity contribution in [2.45, 2.75) is 0 Å². The molecule has 4 rings (SSSR count). The summed E-state index contributed by atoms with van der Waals surface area (Å²) in [5.41, 5.74) is 8.25. The number of phenolic OH excluding ortho intramolecular Hbond substituents is 1. The minimum absolute atomic E-state index is 0.0445. The van der Waals surface area contributed by atoms with Gasteiger partial charge < -0.3 is 16.2 Å². The van der Waals surface area contributed by atoms with E-state index in [-0.39, 0.29) is 34.1 Å². The zero-order chi connectivity index (χ0) is 17.6. The number of hydrogen-bond donors (Lipinski definition) is 3. The molecule has 0 bridgehead atoms. The topological polar surface area (TPSA) is 92.4 Å². The van der Waals surface area contributed by atoms with Gasteiger partial charge in [0.15, 0.2) is 11.6 Å². The first-order chi connectivity index (χ1) is 12.1. The van der Waals surface area contributed by atoms with Gasteiger partial charge in [-0.05, 0) is 24.3 Å². The largest absolute Gasteiger partial charge is 0.506 e. The zero-order valence-corrected chi connectivity index (χ0v) is 13.1. The summed E-state index contributed by atoms with van der Waals surface area (Å²) < 4.78 is 0. The second-order valence-corrected chi connectivity index (χ2v) is 5.80. The molecule has 0 saturated heterocycles. The quantitative estimate of drug-likeness (QED) is 0.386. The van der Waals surface area contributed by atoms with Gasteiger partial charge in [0.05, 0.1) is 22.5 Å².